The maximum Gasteiger partial charge on any atom is 0.319 e. The molecule has 5 heteroatoms. The van der Waals surface area contributed by atoms with Gasteiger partial charge in [-0.3, -0.25) is 4.98 Å². The summed E-state index contributed by atoms with van der Waals surface area (Å²) in [4.78, 5) is 15.0. The largest absolute Gasteiger partial charge is 0.337 e. The lowest BCUT2D eigenvalue weighted by atomic mass is 10.4. The summed E-state index contributed by atoms with van der Waals surface area (Å²) in [6.07, 6.45) is 3.48. The van der Waals surface area contributed by atoms with E-state index in [1.165, 1.54) is 0 Å². The molecule has 0 unspecified atom stereocenters. The molecule has 1 rings (SSSR count). The van der Waals surface area contributed by atoms with E-state index < -0.39 is 0 Å². The van der Waals surface area contributed by atoms with E-state index in [4.69, 9.17) is 5.26 Å². The second-order valence-corrected chi connectivity index (χ2v) is 2.53. The van der Waals surface area contributed by atoms with E-state index in [-0.39, 0.29) is 6.03 Å². The van der Waals surface area contributed by atoms with E-state index in [9.17, 15) is 4.79 Å². The number of amides is 2. The normalized spacial score (nSPS) is 8.79. The second-order valence-electron chi connectivity index (χ2n) is 2.53. The van der Waals surface area contributed by atoms with Crippen LogP contribution in [0.4, 0.5) is 10.5 Å². The Balaban J connectivity index is 2.32. The molecule has 0 aliphatic carbocycles. The molecule has 0 aliphatic heterocycles. The van der Waals surface area contributed by atoms with Gasteiger partial charge >= 0.3 is 6.03 Å². The molecule has 0 fully saturated rings. The van der Waals surface area contributed by atoms with Crippen LogP contribution >= 0.6 is 0 Å². The average Bonchev–Trinajstić information content (AvgIpc) is 2.20. The molecule has 0 bridgehead atoms. The minimum absolute atomic E-state index is 0.306. The Morgan fingerprint density at radius 2 is 2.50 bits per heavy atom. The van der Waals surface area contributed by atoms with E-state index >= 15 is 0 Å². The number of hydrogen-bond acceptors (Lipinski definition) is 3. The standard InChI is InChI=1S/C9H10N4O/c10-4-2-6-12-9(14)13-8-3-1-5-11-7-8/h1,3,5,7H,2,6H2,(H2,12,13,14). The molecule has 0 saturated carbocycles. The molecule has 5 nitrogen and oxygen atoms in total. The second kappa shape index (κ2) is 5.54. The Labute approximate surface area is 81.8 Å². The molecule has 0 aliphatic rings. The van der Waals surface area contributed by atoms with Gasteiger partial charge in [-0.05, 0) is 12.1 Å². The number of nitriles is 1. The summed E-state index contributed by atoms with van der Waals surface area (Å²) in [6, 6.07) is 5.07. The number of nitrogens with zero attached hydrogens (tertiary/aromatic N) is 2. The Kier molecular flexibility index (Phi) is 3.95. The third kappa shape index (κ3) is 3.54. The highest BCUT2D eigenvalue weighted by Gasteiger charge is 1.98. The van der Waals surface area contributed by atoms with Crippen LogP contribution in [-0.2, 0) is 0 Å². The Morgan fingerprint density at radius 1 is 1.64 bits per heavy atom. The van der Waals surface area contributed by atoms with E-state index in [1.54, 1.807) is 24.5 Å². The number of hydrogen-bond donors (Lipinski definition) is 2. The number of nitrogens with one attached hydrogen (secondary N) is 2. The van der Waals surface area contributed by atoms with Crippen molar-refractivity contribution >= 4 is 11.7 Å². The Bertz CT molecular complexity index is 330. The zero-order chi connectivity index (χ0) is 10.2. The number of urea groups is 1. The van der Waals surface area contributed by atoms with E-state index in [1.807, 2.05) is 6.07 Å². The van der Waals surface area contributed by atoms with Gasteiger partial charge in [-0.2, -0.15) is 5.26 Å². The van der Waals surface area contributed by atoms with Gasteiger partial charge < -0.3 is 10.6 Å². The van der Waals surface area contributed by atoms with Gasteiger partial charge in [0.15, 0.2) is 0 Å². The lowest BCUT2D eigenvalue weighted by Crippen LogP contribution is -2.29. The van der Waals surface area contributed by atoms with Gasteiger partial charge in [0, 0.05) is 12.7 Å². The van der Waals surface area contributed by atoms with Gasteiger partial charge in [0.05, 0.1) is 24.4 Å². The molecule has 72 valence electrons. The van der Waals surface area contributed by atoms with Crippen LogP contribution in [0.15, 0.2) is 24.5 Å². The van der Waals surface area contributed by atoms with Crippen LogP contribution in [0.1, 0.15) is 6.42 Å². The molecular weight excluding hydrogens is 180 g/mol. The van der Waals surface area contributed by atoms with E-state index in [0.29, 0.717) is 18.7 Å². The minimum atomic E-state index is -0.326. The smallest absolute Gasteiger partial charge is 0.319 e. The molecule has 1 aromatic heterocycles. The third-order valence-electron chi connectivity index (χ3n) is 1.44. The van der Waals surface area contributed by atoms with Gasteiger partial charge in [-0.25, -0.2) is 4.79 Å². The molecule has 0 radical (unpaired) electrons. The maximum absolute atomic E-state index is 11.1. The number of carbonyl (C=O) groups is 1. The topological polar surface area (TPSA) is 77.8 Å². The van der Waals surface area contributed by atoms with Crippen LogP contribution in [-0.4, -0.2) is 17.6 Å². The lowest BCUT2D eigenvalue weighted by molar-refractivity contribution is 0.252. The van der Waals surface area contributed by atoms with Crippen LogP contribution in [0.2, 0.25) is 0 Å². The average molecular weight is 190 g/mol. The molecule has 1 aromatic rings. The quantitative estimate of drug-likeness (QED) is 0.701. The summed E-state index contributed by atoms with van der Waals surface area (Å²) in [5.41, 5.74) is 0.627. The van der Waals surface area contributed by atoms with Crippen molar-refractivity contribution in [2.24, 2.45) is 0 Å². The highest BCUT2D eigenvalue weighted by Crippen LogP contribution is 2.01. The van der Waals surface area contributed by atoms with Crippen molar-refractivity contribution in [1.29, 1.82) is 5.26 Å². The number of pyridine rings is 1. The first-order valence-electron chi connectivity index (χ1n) is 4.15. The highest BCUT2D eigenvalue weighted by atomic mass is 16.2. The van der Waals surface area contributed by atoms with E-state index in [2.05, 4.69) is 15.6 Å². The number of carbonyl (C=O) groups excluding carboxylic acids is 1. The maximum atomic E-state index is 11.1. The number of anilines is 1. The number of aromatic nitrogens is 1. The molecule has 2 N–H and O–H groups in total. The van der Waals surface area contributed by atoms with Crippen LogP contribution in [0.5, 0.6) is 0 Å². The monoisotopic (exact) mass is 190 g/mol. The van der Waals surface area contributed by atoms with Crippen molar-refractivity contribution in [1.82, 2.24) is 10.3 Å². The SMILES string of the molecule is N#CCCNC(=O)Nc1cccnc1. The molecule has 0 spiro atoms. The van der Waals surface area contributed by atoms with Crippen LogP contribution in [0.25, 0.3) is 0 Å². The molecule has 0 saturated heterocycles. The highest BCUT2D eigenvalue weighted by molar-refractivity contribution is 5.88. The van der Waals surface area contributed by atoms with Gasteiger partial charge in [0.2, 0.25) is 0 Å². The first-order valence-corrected chi connectivity index (χ1v) is 4.15. The molecular formula is C9H10N4O. The van der Waals surface area contributed by atoms with Gasteiger partial charge in [0.1, 0.15) is 0 Å². The Hall–Kier alpha value is -2.09. The van der Waals surface area contributed by atoms with Gasteiger partial charge in [-0.1, -0.05) is 0 Å². The molecule has 14 heavy (non-hydrogen) atoms. The summed E-state index contributed by atoms with van der Waals surface area (Å²) in [5, 5.41) is 13.3. The molecule has 0 aromatic carbocycles. The fourth-order valence-electron chi connectivity index (χ4n) is 0.844. The van der Waals surface area contributed by atoms with Crippen molar-refractivity contribution in [2.45, 2.75) is 6.42 Å². The van der Waals surface area contributed by atoms with Crippen molar-refractivity contribution in [3.05, 3.63) is 24.5 Å². The van der Waals surface area contributed by atoms with Gasteiger partial charge in [0.25, 0.3) is 0 Å². The fourth-order valence-corrected chi connectivity index (χ4v) is 0.844. The first kappa shape index (κ1) is 9.99. The summed E-state index contributed by atoms with van der Waals surface area (Å²) in [6.45, 7) is 0.350. The van der Waals surface area contributed by atoms with Crippen molar-refractivity contribution in [3.63, 3.8) is 0 Å². The Morgan fingerprint density at radius 3 is 3.14 bits per heavy atom. The minimum Gasteiger partial charge on any atom is -0.337 e. The van der Waals surface area contributed by atoms with Crippen LogP contribution in [0, 0.1) is 11.3 Å². The summed E-state index contributed by atoms with van der Waals surface area (Å²) in [7, 11) is 0. The van der Waals surface area contributed by atoms with Crippen molar-refractivity contribution in [3.8, 4) is 6.07 Å². The van der Waals surface area contributed by atoms with Crippen molar-refractivity contribution < 1.29 is 4.79 Å². The summed E-state index contributed by atoms with van der Waals surface area (Å²) >= 11 is 0. The van der Waals surface area contributed by atoms with Crippen molar-refractivity contribution in [2.75, 3.05) is 11.9 Å². The fraction of sp³-hybridized carbons (Fsp3) is 0.222. The molecule has 2 amide bonds. The molecule has 0 atom stereocenters. The third-order valence-corrected chi connectivity index (χ3v) is 1.44. The van der Waals surface area contributed by atoms with E-state index in [0.717, 1.165) is 0 Å². The zero-order valence-electron chi connectivity index (χ0n) is 7.53. The summed E-state index contributed by atoms with van der Waals surface area (Å²) < 4.78 is 0. The summed E-state index contributed by atoms with van der Waals surface area (Å²) in [5.74, 6) is 0. The van der Waals surface area contributed by atoms with Crippen LogP contribution < -0.4 is 10.6 Å². The van der Waals surface area contributed by atoms with Gasteiger partial charge in [-0.15, -0.1) is 0 Å². The predicted octanol–water partition coefficient (Wildman–Crippen LogP) is 1.12. The first-order chi connectivity index (χ1) is 6.83. The molecule has 1 heterocycles. The van der Waals surface area contributed by atoms with Crippen LogP contribution in [0.3, 0.4) is 0 Å². The predicted molar refractivity (Wildman–Crippen MR) is 51.5 cm³/mol. The lowest BCUT2D eigenvalue weighted by Gasteiger charge is -2.04. The zero-order valence-corrected chi connectivity index (χ0v) is 7.53. The number of rotatable bonds is 3.